The largest absolute Gasteiger partial charge is 0.383 e. The van der Waals surface area contributed by atoms with Gasteiger partial charge in [-0.3, -0.25) is 9.69 Å². The maximum atomic E-state index is 12.7. The predicted octanol–water partition coefficient (Wildman–Crippen LogP) is 2.68. The molecule has 0 unspecified atom stereocenters. The molecule has 1 aliphatic heterocycles. The molecular weight excluding hydrogens is 280 g/mol. The summed E-state index contributed by atoms with van der Waals surface area (Å²) in [6, 6.07) is 9.22. The van der Waals surface area contributed by atoms with E-state index >= 15 is 0 Å². The van der Waals surface area contributed by atoms with E-state index in [9.17, 15) is 9.59 Å². The topological polar surface area (TPSA) is 49.9 Å². The molecule has 1 saturated heterocycles. The third-order valence-electron chi connectivity index (χ3n) is 3.83. The van der Waals surface area contributed by atoms with Gasteiger partial charge in [-0.05, 0) is 11.0 Å². The van der Waals surface area contributed by atoms with E-state index < -0.39 is 0 Å². The molecule has 1 heterocycles. The Hall–Kier alpha value is -1.88. The molecule has 0 N–H and O–H groups in total. The zero-order valence-corrected chi connectivity index (χ0v) is 13.7. The smallest absolute Gasteiger partial charge is 0.327 e. The molecule has 22 heavy (non-hydrogen) atoms. The first-order chi connectivity index (χ1) is 10.4. The van der Waals surface area contributed by atoms with Crippen LogP contribution in [0, 0.1) is 5.41 Å². The molecule has 0 saturated carbocycles. The molecule has 120 valence electrons. The summed E-state index contributed by atoms with van der Waals surface area (Å²) >= 11 is 0. The van der Waals surface area contributed by atoms with E-state index in [0.717, 1.165) is 5.56 Å². The van der Waals surface area contributed by atoms with Gasteiger partial charge >= 0.3 is 6.03 Å². The predicted molar refractivity (Wildman–Crippen MR) is 84.3 cm³/mol. The van der Waals surface area contributed by atoms with Crippen LogP contribution < -0.4 is 0 Å². The maximum absolute atomic E-state index is 12.7. The highest BCUT2D eigenvalue weighted by atomic mass is 16.5. The van der Waals surface area contributed by atoms with Crippen molar-refractivity contribution in [1.29, 1.82) is 0 Å². The highest BCUT2D eigenvalue weighted by molar-refractivity contribution is 6.02. The molecule has 5 heteroatoms. The van der Waals surface area contributed by atoms with Gasteiger partial charge in [0.2, 0.25) is 0 Å². The van der Waals surface area contributed by atoms with Crippen molar-refractivity contribution in [2.75, 3.05) is 26.8 Å². The number of hydrogen-bond donors (Lipinski definition) is 0. The third kappa shape index (κ3) is 3.30. The number of imide groups is 1. The molecule has 0 spiro atoms. The van der Waals surface area contributed by atoms with Gasteiger partial charge in [0.05, 0.1) is 12.6 Å². The van der Waals surface area contributed by atoms with Gasteiger partial charge in [0.25, 0.3) is 5.91 Å². The van der Waals surface area contributed by atoms with Crippen molar-refractivity contribution in [1.82, 2.24) is 9.80 Å². The first-order valence-corrected chi connectivity index (χ1v) is 7.51. The lowest BCUT2D eigenvalue weighted by atomic mass is 9.81. The molecule has 1 fully saturated rings. The van der Waals surface area contributed by atoms with E-state index in [1.54, 1.807) is 12.0 Å². The number of carbonyl (C=O) groups excluding carboxylic acids is 2. The molecular formula is C17H24N2O3. The highest BCUT2D eigenvalue weighted by Crippen LogP contribution is 2.40. The Balaban J connectivity index is 2.32. The summed E-state index contributed by atoms with van der Waals surface area (Å²) in [6.45, 7) is 7.12. The lowest BCUT2D eigenvalue weighted by molar-refractivity contribution is -0.128. The zero-order chi connectivity index (χ0) is 16.3. The standard InChI is InChI=1S/C17H24N2O3/c1-17(2,3)15(13-8-6-5-7-9-13)19-14(20)12-18(16(19)21)10-11-22-4/h5-9,15H,10-12H2,1-4H3/t15-/m0/s1. The fraction of sp³-hybridized carbons (Fsp3) is 0.529. The van der Waals surface area contributed by atoms with Crippen LogP contribution in [0.4, 0.5) is 4.79 Å². The summed E-state index contributed by atoms with van der Waals surface area (Å²) in [5.74, 6) is -0.148. The molecule has 3 amide bonds. The molecule has 2 rings (SSSR count). The Morgan fingerprint density at radius 2 is 1.82 bits per heavy atom. The minimum absolute atomic E-state index is 0.127. The molecule has 0 aliphatic carbocycles. The number of urea groups is 1. The van der Waals surface area contributed by atoms with Crippen molar-refractivity contribution >= 4 is 11.9 Å². The summed E-state index contributed by atoms with van der Waals surface area (Å²) < 4.78 is 5.01. The Labute approximate surface area is 131 Å². The van der Waals surface area contributed by atoms with Crippen LogP contribution in [-0.4, -0.2) is 48.5 Å². The second-order valence-electron chi connectivity index (χ2n) is 6.64. The number of methoxy groups -OCH3 is 1. The minimum atomic E-state index is -0.277. The molecule has 1 atom stereocenters. The maximum Gasteiger partial charge on any atom is 0.327 e. The zero-order valence-electron chi connectivity index (χ0n) is 13.7. The van der Waals surface area contributed by atoms with E-state index in [1.807, 2.05) is 51.1 Å². The van der Waals surface area contributed by atoms with Gasteiger partial charge in [-0.15, -0.1) is 0 Å². The number of nitrogens with zero attached hydrogens (tertiary/aromatic N) is 2. The van der Waals surface area contributed by atoms with Crippen LogP contribution in [0.25, 0.3) is 0 Å². The second-order valence-corrected chi connectivity index (χ2v) is 6.64. The van der Waals surface area contributed by atoms with E-state index in [2.05, 4.69) is 0 Å². The van der Waals surface area contributed by atoms with Gasteiger partial charge < -0.3 is 9.64 Å². The van der Waals surface area contributed by atoms with E-state index in [4.69, 9.17) is 4.74 Å². The molecule has 1 aromatic rings. The third-order valence-corrected chi connectivity index (χ3v) is 3.83. The van der Waals surface area contributed by atoms with Gasteiger partial charge in [0, 0.05) is 13.7 Å². The van der Waals surface area contributed by atoms with Crippen molar-refractivity contribution in [3.8, 4) is 0 Å². The van der Waals surface area contributed by atoms with Gasteiger partial charge in [-0.25, -0.2) is 4.79 Å². The van der Waals surface area contributed by atoms with E-state index in [0.29, 0.717) is 13.2 Å². The van der Waals surface area contributed by atoms with Crippen molar-refractivity contribution in [3.05, 3.63) is 35.9 Å². The molecule has 0 bridgehead atoms. The number of amides is 3. The Morgan fingerprint density at radius 1 is 1.18 bits per heavy atom. The van der Waals surface area contributed by atoms with Crippen molar-refractivity contribution in [2.24, 2.45) is 5.41 Å². The van der Waals surface area contributed by atoms with E-state index in [1.165, 1.54) is 4.90 Å². The lowest BCUT2D eigenvalue weighted by Gasteiger charge is -2.37. The molecule has 1 aliphatic rings. The van der Waals surface area contributed by atoms with Gasteiger partial charge in [0.15, 0.2) is 0 Å². The second kappa shape index (κ2) is 6.48. The summed E-state index contributed by atoms with van der Waals surface area (Å²) in [5, 5.41) is 0. The fourth-order valence-electron chi connectivity index (χ4n) is 2.87. The van der Waals surface area contributed by atoms with Crippen molar-refractivity contribution < 1.29 is 14.3 Å². The normalized spacial score (nSPS) is 17.3. The number of hydrogen-bond acceptors (Lipinski definition) is 3. The van der Waals surface area contributed by atoms with Crippen LogP contribution in [0.3, 0.4) is 0 Å². The van der Waals surface area contributed by atoms with Gasteiger partial charge in [-0.1, -0.05) is 51.1 Å². The van der Waals surface area contributed by atoms with Gasteiger partial charge in [-0.2, -0.15) is 0 Å². The highest BCUT2D eigenvalue weighted by Gasteiger charge is 2.45. The van der Waals surface area contributed by atoms with Crippen LogP contribution in [0.5, 0.6) is 0 Å². The Bertz CT molecular complexity index is 537. The van der Waals surface area contributed by atoms with Crippen LogP contribution in [0.1, 0.15) is 32.4 Å². The van der Waals surface area contributed by atoms with Crippen LogP contribution in [0.15, 0.2) is 30.3 Å². The average Bonchev–Trinajstić information content (AvgIpc) is 2.73. The minimum Gasteiger partial charge on any atom is -0.383 e. The van der Waals surface area contributed by atoms with Gasteiger partial charge in [0.1, 0.15) is 6.54 Å². The number of benzene rings is 1. The lowest BCUT2D eigenvalue weighted by Crippen LogP contribution is -2.42. The Kier molecular flexibility index (Phi) is 4.86. The van der Waals surface area contributed by atoms with Crippen LogP contribution in [0.2, 0.25) is 0 Å². The van der Waals surface area contributed by atoms with Crippen molar-refractivity contribution in [2.45, 2.75) is 26.8 Å². The SMILES string of the molecule is COCCN1CC(=O)N([C@@H](c2ccccc2)C(C)(C)C)C1=O. The first kappa shape index (κ1) is 16.5. The average molecular weight is 304 g/mol. The van der Waals surface area contributed by atoms with Crippen molar-refractivity contribution in [3.63, 3.8) is 0 Å². The van der Waals surface area contributed by atoms with E-state index in [-0.39, 0.29) is 29.9 Å². The molecule has 5 nitrogen and oxygen atoms in total. The quantitative estimate of drug-likeness (QED) is 0.786. The number of rotatable bonds is 5. The molecule has 1 aromatic carbocycles. The summed E-state index contributed by atoms with van der Waals surface area (Å²) in [7, 11) is 1.59. The fourth-order valence-corrected chi connectivity index (χ4v) is 2.87. The number of carbonyl (C=O) groups is 2. The summed E-state index contributed by atoms with van der Waals surface area (Å²) in [6.07, 6.45) is 0. The first-order valence-electron chi connectivity index (χ1n) is 7.51. The Morgan fingerprint density at radius 3 is 2.36 bits per heavy atom. The van der Waals surface area contributed by atoms with Crippen LogP contribution in [-0.2, 0) is 9.53 Å². The monoisotopic (exact) mass is 304 g/mol. The number of ether oxygens (including phenoxy) is 1. The molecule has 0 radical (unpaired) electrons. The molecule has 0 aromatic heterocycles. The summed E-state index contributed by atoms with van der Waals surface area (Å²) in [4.78, 5) is 28.1. The van der Waals surface area contributed by atoms with Crippen LogP contribution >= 0.6 is 0 Å². The summed E-state index contributed by atoms with van der Waals surface area (Å²) in [5.41, 5.74) is 0.731.